The summed E-state index contributed by atoms with van der Waals surface area (Å²) < 4.78 is 7.34. The molecule has 0 spiro atoms. The smallest absolute Gasteiger partial charge is 0.273 e. The predicted octanol–water partition coefficient (Wildman–Crippen LogP) is 2.33. The maximum absolute atomic E-state index is 12.5. The Morgan fingerprint density at radius 3 is 2.74 bits per heavy atom. The number of Topliss-reactive ketones (excluding diaryl/α,β-unsaturated/α-hetero) is 1. The standard InChI is InChI=1S/C17H21N5O4S/c1-3-21-16(20-6-8-26-9-7-20)18-19-17(21)27-11-15(23)13-5-4-12(2)14(10-13)22(24)25/h4-5,10H,3,6-9,11H2,1-2H3. The number of aryl methyl sites for hydroxylation is 1. The summed E-state index contributed by atoms with van der Waals surface area (Å²) in [6.45, 7) is 7.17. The minimum atomic E-state index is -0.471. The highest BCUT2D eigenvalue weighted by Gasteiger charge is 2.21. The van der Waals surface area contributed by atoms with E-state index in [9.17, 15) is 14.9 Å². The molecular weight excluding hydrogens is 370 g/mol. The van der Waals surface area contributed by atoms with Gasteiger partial charge in [-0.2, -0.15) is 0 Å². The van der Waals surface area contributed by atoms with E-state index in [-0.39, 0.29) is 17.2 Å². The van der Waals surface area contributed by atoms with Gasteiger partial charge in [0.2, 0.25) is 5.95 Å². The lowest BCUT2D eigenvalue weighted by Gasteiger charge is -2.27. The van der Waals surface area contributed by atoms with Gasteiger partial charge in [0.05, 0.1) is 23.9 Å². The molecule has 2 aromatic rings. The van der Waals surface area contributed by atoms with Crippen molar-refractivity contribution >= 4 is 29.2 Å². The molecule has 0 N–H and O–H groups in total. The maximum Gasteiger partial charge on any atom is 0.273 e. The lowest BCUT2D eigenvalue weighted by atomic mass is 10.1. The van der Waals surface area contributed by atoms with E-state index in [1.54, 1.807) is 19.1 Å². The number of anilines is 1. The lowest BCUT2D eigenvalue weighted by molar-refractivity contribution is -0.385. The van der Waals surface area contributed by atoms with Crippen LogP contribution in [0.1, 0.15) is 22.8 Å². The number of hydrogen-bond acceptors (Lipinski definition) is 8. The summed E-state index contributed by atoms with van der Waals surface area (Å²) in [5.74, 6) is 0.741. The number of nitro benzene ring substituents is 1. The van der Waals surface area contributed by atoms with Gasteiger partial charge < -0.3 is 9.64 Å². The van der Waals surface area contributed by atoms with Crippen molar-refractivity contribution in [3.63, 3.8) is 0 Å². The van der Waals surface area contributed by atoms with Gasteiger partial charge in [-0.3, -0.25) is 19.5 Å². The van der Waals surface area contributed by atoms with E-state index in [0.29, 0.717) is 36.0 Å². The molecule has 2 heterocycles. The Bertz CT molecular complexity index is 848. The predicted molar refractivity (Wildman–Crippen MR) is 102 cm³/mol. The van der Waals surface area contributed by atoms with Crippen molar-refractivity contribution in [1.82, 2.24) is 14.8 Å². The number of carbonyl (C=O) groups is 1. The summed E-state index contributed by atoms with van der Waals surface area (Å²) in [5, 5.41) is 20.2. The van der Waals surface area contributed by atoms with Crippen LogP contribution in [0, 0.1) is 17.0 Å². The van der Waals surface area contributed by atoms with E-state index in [0.717, 1.165) is 19.0 Å². The molecule has 0 aliphatic carbocycles. The quantitative estimate of drug-likeness (QED) is 0.307. The van der Waals surface area contributed by atoms with Crippen LogP contribution in [0.4, 0.5) is 11.6 Å². The number of nitrogens with zero attached hydrogens (tertiary/aromatic N) is 5. The molecule has 1 aliphatic rings. The van der Waals surface area contributed by atoms with Crippen molar-refractivity contribution in [3.8, 4) is 0 Å². The van der Waals surface area contributed by atoms with Crippen LogP contribution >= 0.6 is 11.8 Å². The maximum atomic E-state index is 12.5. The van der Waals surface area contributed by atoms with Gasteiger partial charge in [-0.25, -0.2) is 0 Å². The molecule has 1 fully saturated rings. The molecule has 3 rings (SSSR count). The third-order valence-electron chi connectivity index (χ3n) is 4.37. The Labute approximate surface area is 160 Å². The molecule has 1 aromatic heterocycles. The first-order valence-corrected chi connectivity index (χ1v) is 9.66. The van der Waals surface area contributed by atoms with E-state index in [4.69, 9.17) is 4.74 Å². The number of rotatable bonds is 7. The van der Waals surface area contributed by atoms with E-state index in [1.165, 1.54) is 17.8 Å². The zero-order valence-corrected chi connectivity index (χ0v) is 16.1. The minimum absolute atomic E-state index is 0.0443. The zero-order chi connectivity index (χ0) is 19.4. The van der Waals surface area contributed by atoms with Crippen LogP contribution in [0.15, 0.2) is 23.4 Å². The number of carbonyl (C=O) groups excluding carboxylic acids is 1. The summed E-state index contributed by atoms with van der Waals surface area (Å²) in [7, 11) is 0. The summed E-state index contributed by atoms with van der Waals surface area (Å²) in [4.78, 5) is 25.2. The molecule has 0 unspecified atom stereocenters. The Morgan fingerprint density at radius 1 is 1.33 bits per heavy atom. The van der Waals surface area contributed by atoms with Crippen LogP contribution in [0.3, 0.4) is 0 Å². The van der Waals surface area contributed by atoms with Gasteiger partial charge in [0.1, 0.15) is 0 Å². The van der Waals surface area contributed by atoms with Gasteiger partial charge in [0.25, 0.3) is 5.69 Å². The lowest BCUT2D eigenvalue weighted by Crippen LogP contribution is -2.38. The van der Waals surface area contributed by atoms with E-state index in [1.807, 2.05) is 11.5 Å². The van der Waals surface area contributed by atoms with Crippen molar-refractivity contribution in [2.75, 3.05) is 37.0 Å². The van der Waals surface area contributed by atoms with Gasteiger partial charge in [-0.05, 0) is 13.8 Å². The van der Waals surface area contributed by atoms with Crippen molar-refractivity contribution in [1.29, 1.82) is 0 Å². The molecule has 1 saturated heterocycles. The number of ketones is 1. The van der Waals surface area contributed by atoms with Crippen molar-refractivity contribution in [2.24, 2.45) is 0 Å². The van der Waals surface area contributed by atoms with E-state index >= 15 is 0 Å². The fraction of sp³-hybridized carbons (Fsp3) is 0.471. The van der Waals surface area contributed by atoms with E-state index in [2.05, 4.69) is 15.1 Å². The fourth-order valence-corrected chi connectivity index (χ4v) is 3.75. The van der Waals surface area contributed by atoms with Gasteiger partial charge in [-0.1, -0.05) is 23.9 Å². The highest BCUT2D eigenvalue weighted by Crippen LogP contribution is 2.25. The third-order valence-corrected chi connectivity index (χ3v) is 5.33. The first kappa shape index (κ1) is 19.3. The molecule has 0 amide bonds. The Morgan fingerprint density at radius 2 is 2.07 bits per heavy atom. The summed E-state index contributed by atoms with van der Waals surface area (Å²) in [6, 6.07) is 4.55. The number of thioether (sulfide) groups is 1. The second-order valence-electron chi connectivity index (χ2n) is 6.10. The Hall–Kier alpha value is -2.46. The number of benzene rings is 1. The normalized spacial score (nSPS) is 14.4. The fourth-order valence-electron chi connectivity index (χ4n) is 2.85. The molecule has 0 atom stereocenters. The molecule has 9 nitrogen and oxygen atoms in total. The number of nitro groups is 1. The van der Waals surface area contributed by atoms with Gasteiger partial charge in [0, 0.05) is 36.8 Å². The molecular formula is C17H21N5O4S. The molecule has 0 radical (unpaired) electrons. The monoisotopic (exact) mass is 391 g/mol. The van der Waals surface area contributed by atoms with Crippen molar-refractivity contribution in [3.05, 3.63) is 39.4 Å². The van der Waals surface area contributed by atoms with Crippen LogP contribution in [0.25, 0.3) is 0 Å². The highest BCUT2D eigenvalue weighted by molar-refractivity contribution is 7.99. The minimum Gasteiger partial charge on any atom is -0.378 e. The second-order valence-corrected chi connectivity index (χ2v) is 7.04. The number of hydrogen-bond donors (Lipinski definition) is 0. The molecule has 1 aliphatic heterocycles. The first-order chi connectivity index (χ1) is 13.0. The van der Waals surface area contributed by atoms with Crippen LogP contribution in [-0.4, -0.2) is 57.5 Å². The van der Waals surface area contributed by atoms with Gasteiger partial charge in [0.15, 0.2) is 10.9 Å². The molecule has 27 heavy (non-hydrogen) atoms. The Balaban J connectivity index is 1.71. The first-order valence-electron chi connectivity index (χ1n) is 8.68. The van der Waals surface area contributed by atoms with Crippen molar-refractivity contribution in [2.45, 2.75) is 25.5 Å². The highest BCUT2D eigenvalue weighted by atomic mass is 32.2. The molecule has 144 valence electrons. The number of morpholine rings is 1. The molecule has 10 heteroatoms. The third kappa shape index (κ3) is 4.28. The summed E-state index contributed by atoms with van der Waals surface area (Å²) in [6.07, 6.45) is 0. The largest absolute Gasteiger partial charge is 0.378 e. The number of ether oxygens (including phenoxy) is 1. The van der Waals surface area contributed by atoms with Crippen LogP contribution < -0.4 is 4.90 Å². The van der Waals surface area contributed by atoms with Crippen LogP contribution in [0.2, 0.25) is 0 Å². The van der Waals surface area contributed by atoms with Crippen LogP contribution in [0.5, 0.6) is 0 Å². The van der Waals surface area contributed by atoms with Gasteiger partial charge >= 0.3 is 0 Å². The zero-order valence-electron chi connectivity index (χ0n) is 15.3. The van der Waals surface area contributed by atoms with Crippen molar-refractivity contribution < 1.29 is 14.5 Å². The Kier molecular flexibility index (Phi) is 6.07. The average molecular weight is 391 g/mol. The topological polar surface area (TPSA) is 103 Å². The van der Waals surface area contributed by atoms with Crippen LogP contribution in [-0.2, 0) is 11.3 Å². The summed E-state index contributed by atoms with van der Waals surface area (Å²) in [5.41, 5.74) is 0.818. The summed E-state index contributed by atoms with van der Waals surface area (Å²) >= 11 is 1.29. The molecule has 1 aromatic carbocycles. The number of aromatic nitrogens is 3. The average Bonchev–Trinajstić information content (AvgIpc) is 3.09. The SMILES string of the molecule is CCn1c(SCC(=O)c2ccc(C)c([N+](=O)[O-])c2)nnc1N1CCOCC1. The van der Waals surface area contributed by atoms with E-state index < -0.39 is 4.92 Å². The molecule has 0 bridgehead atoms. The molecule has 0 saturated carbocycles. The van der Waals surface area contributed by atoms with Gasteiger partial charge in [-0.15, -0.1) is 10.2 Å². The second kappa shape index (κ2) is 8.49.